The molecular weight excluding hydrogens is 432 g/mol. The highest BCUT2D eigenvalue weighted by Crippen LogP contribution is 2.17. The fraction of sp³-hybridized carbons (Fsp3) is 0.217. The van der Waals surface area contributed by atoms with Gasteiger partial charge >= 0.3 is 0 Å². The molecule has 0 atom stereocenters. The molecule has 1 N–H and O–H groups in total. The molecule has 0 bridgehead atoms. The lowest BCUT2D eigenvalue weighted by Gasteiger charge is -2.27. The summed E-state index contributed by atoms with van der Waals surface area (Å²) >= 11 is 3.18. The average molecular weight is 455 g/mol. The molecule has 1 aromatic heterocycles. The second-order valence-electron chi connectivity index (χ2n) is 7.03. The van der Waals surface area contributed by atoms with Gasteiger partial charge in [0.2, 0.25) is 5.91 Å². The van der Waals surface area contributed by atoms with E-state index < -0.39 is 0 Å². The van der Waals surface area contributed by atoms with E-state index in [9.17, 15) is 9.59 Å². The van der Waals surface area contributed by atoms with E-state index in [1.54, 1.807) is 24.3 Å². The quantitative estimate of drug-likeness (QED) is 0.528. The molecule has 0 saturated carbocycles. The summed E-state index contributed by atoms with van der Waals surface area (Å²) in [4.78, 5) is 26.9. The summed E-state index contributed by atoms with van der Waals surface area (Å²) < 4.78 is 5.75. The number of furan rings is 1. The Morgan fingerprint density at radius 2 is 1.66 bits per heavy atom. The number of amides is 2. The number of nitrogens with one attached hydrogen (secondary N) is 1. The molecule has 0 spiro atoms. The number of hydrogen-bond acceptors (Lipinski definition) is 3. The normalized spacial score (nSPS) is 10.8. The van der Waals surface area contributed by atoms with Crippen LogP contribution in [0.5, 0.6) is 0 Å². The van der Waals surface area contributed by atoms with E-state index in [-0.39, 0.29) is 23.6 Å². The fourth-order valence-electron chi connectivity index (χ4n) is 2.95. The Kier molecular flexibility index (Phi) is 6.88. The highest BCUT2D eigenvalue weighted by atomic mass is 79.9. The predicted molar refractivity (Wildman–Crippen MR) is 117 cm³/mol. The second-order valence-corrected chi connectivity index (χ2v) is 7.81. The van der Waals surface area contributed by atoms with Crippen molar-refractivity contribution in [1.29, 1.82) is 0 Å². The molecule has 0 radical (unpaired) electrons. The van der Waals surface area contributed by atoms with Crippen molar-refractivity contribution in [2.75, 3.05) is 5.32 Å². The summed E-state index contributed by atoms with van der Waals surface area (Å²) in [5.74, 6) is -0.0286. The SMILES string of the molecule is CC(C)N(Cc1ccccc1)C(=O)Cc1ccc(NC(=O)c2ccc(Br)o2)cc1. The number of rotatable bonds is 7. The Labute approximate surface area is 178 Å². The largest absolute Gasteiger partial charge is 0.444 e. The molecule has 0 unspecified atom stereocenters. The lowest BCUT2D eigenvalue weighted by atomic mass is 10.1. The van der Waals surface area contributed by atoms with E-state index in [1.807, 2.05) is 61.2 Å². The smallest absolute Gasteiger partial charge is 0.291 e. The molecule has 29 heavy (non-hydrogen) atoms. The van der Waals surface area contributed by atoms with E-state index in [2.05, 4.69) is 21.2 Å². The molecule has 3 rings (SSSR count). The van der Waals surface area contributed by atoms with Gasteiger partial charge in [0.05, 0.1) is 6.42 Å². The molecule has 2 aromatic carbocycles. The van der Waals surface area contributed by atoms with Gasteiger partial charge in [-0.15, -0.1) is 0 Å². The zero-order valence-corrected chi connectivity index (χ0v) is 18.0. The van der Waals surface area contributed by atoms with Crippen LogP contribution in [-0.4, -0.2) is 22.8 Å². The molecule has 0 aliphatic rings. The Bertz CT molecular complexity index is 965. The van der Waals surface area contributed by atoms with Crippen LogP contribution >= 0.6 is 15.9 Å². The van der Waals surface area contributed by atoms with E-state index in [1.165, 1.54) is 0 Å². The van der Waals surface area contributed by atoms with Crippen molar-refractivity contribution < 1.29 is 14.0 Å². The first kappa shape index (κ1) is 20.9. The van der Waals surface area contributed by atoms with E-state index in [4.69, 9.17) is 4.42 Å². The summed E-state index contributed by atoms with van der Waals surface area (Å²) in [6, 6.07) is 20.6. The zero-order chi connectivity index (χ0) is 20.8. The number of hydrogen-bond donors (Lipinski definition) is 1. The maximum atomic E-state index is 12.8. The topological polar surface area (TPSA) is 62.6 Å². The number of nitrogens with zero attached hydrogens (tertiary/aromatic N) is 1. The Morgan fingerprint density at radius 1 is 0.966 bits per heavy atom. The van der Waals surface area contributed by atoms with Crippen molar-refractivity contribution in [2.45, 2.75) is 32.9 Å². The third-order valence-corrected chi connectivity index (χ3v) is 4.93. The average Bonchev–Trinajstić information content (AvgIpc) is 3.14. The molecule has 2 amide bonds. The second kappa shape index (κ2) is 9.56. The van der Waals surface area contributed by atoms with Gasteiger partial charge in [0, 0.05) is 18.3 Å². The summed E-state index contributed by atoms with van der Waals surface area (Å²) in [6.07, 6.45) is 0.310. The first-order chi connectivity index (χ1) is 13.9. The van der Waals surface area contributed by atoms with Crippen LogP contribution in [0, 0.1) is 0 Å². The Morgan fingerprint density at radius 3 is 2.24 bits per heavy atom. The van der Waals surface area contributed by atoms with Crippen LogP contribution in [0.25, 0.3) is 0 Å². The van der Waals surface area contributed by atoms with Gasteiger partial charge in [-0.3, -0.25) is 9.59 Å². The van der Waals surface area contributed by atoms with Gasteiger partial charge < -0.3 is 14.6 Å². The highest BCUT2D eigenvalue weighted by Gasteiger charge is 2.18. The van der Waals surface area contributed by atoms with Crippen LogP contribution in [0.3, 0.4) is 0 Å². The van der Waals surface area contributed by atoms with Crippen LogP contribution in [0.4, 0.5) is 5.69 Å². The fourth-order valence-corrected chi connectivity index (χ4v) is 3.26. The molecule has 0 aliphatic carbocycles. The first-order valence-electron chi connectivity index (χ1n) is 9.41. The van der Waals surface area contributed by atoms with Crippen molar-refractivity contribution in [1.82, 2.24) is 4.90 Å². The molecule has 3 aromatic rings. The van der Waals surface area contributed by atoms with E-state index in [0.29, 0.717) is 23.3 Å². The summed E-state index contributed by atoms with van der Waals surface area (Å²) in [5, 5.41) is 2.78. The van der Waals surface area contributed by atoms with Gasteiger partial charge in [-0.05, 0) is 65.2 Å². The minimum atomic E-state index is -0.326. The van der Waals surface area contributed by atoms with Crippen molar-refractivity contribution in [3.8, 4) is 0 Å². The van der Waals surface area contributed by atoms with Crippen LogP contribution < -0.4 is 5.32 Å². The van der Waals surface area contributed by atoms with Crippen molar-refractivity contribution in [3.05, 3.63) is 88.3 Å². The number of carbonyl (C=O) groups excluding carboxylic acids is 2. The van der Waals surface area contributed by atoms with Crippen LogP contribution in [0.15, 0.2) is 75.8 Å². The molecule has 5 nitrogen and oxygen atoms in total. The lowest BCUT2D eigenvalue weighted by molar-refractivity contribution is -0.132. The minimum Gasteiger partial charge on any atom is -0.444 e. The summed E-state index contributed by atoms with van der Waals surface area (Å²) in [5.41, 5.74) is 2.65. The number of halogens is 1. The van der Waals surface area contributed by atoms with Gasteiger partial charge in [0.15, 0.2) is 10.4 Å². The van der Waals surface area contributed by atoms with Crippen LogP contribution in [0.1, 0.15) is 35.5 Å². The van der Waals surface area contributed by atoms with Crippen molar-refractivity contribution in [2.24, 2.45) is 0 Å². The maximum absolute atomic E-state index is 12.8. The highest BCUT2D eigenvalue weighted by molar-refractivity contribution is 9.10. The monoisotopic (exact) mass is 454 g/mol. The number of carbonyl (C=O) groups is 2. The molecule has 6 heteroatoms. The lowest BCUT2D eigenvalue weighted by Crippen LogP contribution is -2.37. The van der Waals surface area contributed by atoms with Crippen molar-refractivity contribution >= 4 is 33.4 Å². The van der Waals surface area contributed by atoms with E-state index in [0.717, 1.165) is 11.1 Å². The standard InChI is InChI=1S/C23H23BrN2O3/c1-16(2)26(15-18-6-4-3-5-7-18)22(27)14-17-8-10-19(11-9-17)25-23(28)20-12-13-21(24)29-20/h3-13,16H,14-15H2,1-2H3,(H,25,28). The minimum absolute atomic E-state index is 0.0704. The van der Waals surface area contributed by atoms with E-state index >= 15 is 0 Å². The number of anilines is 1. The molecule has 1 heterocycles. The summed E-state index contributed by atoms with van der Waals surface area (Å²) in [6.45, 7) is 4.63. The van der Waals surface area contributed by atoms with Gasteiger partial charge in [0.25, 0.3) is 5.91 Å². The Balaban J connectivity index is 1.61. The van der Waals surface area contributed by atoms with Gasteiger partial charge in [-0.1, -0.05) is 42.5 Å². The summed E-state index contributed by atoms with van der Waals surface area (Å²) in [7, 11) is 0. The molecule has 0 saturated heterocycles. The van der Waals surface area contributed by atoms with Gasteiger partial charge in [0.1, 0.15) is 0 Å². The Hall–Kier alpha value is -2.86. The third kappa shape index (κ3) is 5.81. The van der Waals surface area contributed by atoms with Crippen molar-refractivity contribution in [3.63, 3.8) is 0 Å². The van der Waals surface area contributed by atoms with Gasteiger partial charge in [-0.2, -0.15) is 0 Å². The van der Waals surface area contributed by atoms with Gasteiger partial charge in [-0.25, -0.2) is 0 Å². The third-order valence-electron chi connectivity index (χ3n) is 4.50. The zero-order valence-electron chi connectivity index (χ0n) is 16.4. The first-order valence-corrected chi connectivity index (χ1v) is 10.2. The molecule has 0 aliphatic heterocycles. The van der Waals surface area contributed by atoms with Crippen LogP contribution in [0.2, 0.25) is 0 Å². The number of benzene rings is 2. The molecule has 0 fully saturated rings. The predicted octanol–water partition coefficient (Wildman–Crippen LogP) is 5.27. The maximum Gasteiger partial charge on any atom is 0.291 e. The van der Waals surface area contributed by atoms with Crippen LogP contribution in [-0.2, 0) is 17.8 Å². The molecule has 150 valence electrons. The molecular formula is C23H23BrN2O3.